The quantitative estimate of drug-likeness (QED) is 0.510. The maximum Gasteiger partial charge on any atom is 0.333 e. The second-order valence-electron chi connectivity index (χ2n) is 10.4. The zero-order valence-corrected chi connectivity index (χ0v) is 20.6. The van der Waals surface area contributed by atoms with Gasteiger partial charge in [-0.3, -0.25) is 0 Å². The number of hydrogen-bond acceptors (Lipinski definition) is 3. The molecule has 0 fully saturated rings. The highest BCUT2D eigenvalue weighted by molar-refractivity contribution is 5.72. The normalized spacial score (nSPS) is 18.5. The lowest BCUT2D eigenvalue weighted by Crippen LogP contribution is -2.34. The molecule has 0 bridgehead atoms. The van der Waals surface area contributed by atoms with Crippen LogP contribution < -0.4 is 4.74 Å². The molecule has 0 radical (unpaired) electrons. The van der Waals surface area contributed by atoms with Gasteiger partial charge in [-0.05, 0) is 84.4 Å². The maximum atomic E-state index is 11.3. The van der Waals surface area contributed by atoms with Crippen LogP contribution in [-0.2, 0) is 26.8 Å². The van der Waals surface area contributed by atoms with Crippen molar-refractivity contribution in [3.8, 4) is 5.75 Å². The van der Waals surface area contributed by atoms with Gasteiger partial charge in [-0.15, -0.1) is 0 Å². The van der Waals surface area contributed by atoms with E-state index in [0.717, 1.165) is 11.3 Å². The fourth-order valence-corrected chi connectivity index (χ4v) is 4.78. The van der Waals surface area contributed by atoms with Crippen molar-refractivity contribution in [1.82, 2.24) is 0 Å². The summed E-state index contributed by atoms with van der Waals surface area (Å²) in [5.74, 6) is -0.156. The Bertz CT molecular complexity index is 956. The Hall–Kier alpha value is -2.33. The Labute approximate surface area is 193 Å². The zero-order valence-electron chi connectivity index (χ0n) is 20.6. The van der Waals surface area contributed by atoms with Crippen LogP contribution in [-0.4, -0.2) is 23.8 Å². The van der Waals surface area contributed by atoms with Crippen molar-refractivity contribution < 1.29 is 19.4 Å². The summed E-state index contributed by atoms with van der Waals surface area (Å²) in [6.07, 6.45) is 1.83. The summed E-state index contributed by atoms with van der Waals surface area (Å²) in [5, 5.41) is 9.29. The van der Waals surface area contributed by atoms with Crippen molar-refractivity contribution in [3.63, 3.8) is 0 Å². The van der Waals surface area contributed by atoms with E-state index in [1.165, 1.54) is 35.1 Å². The van der Waals surface area contributed by atoms with Gasteiger partial charge in [0.15, 0.2) is 6.10 Å². The first-order chi connectivity index (χ1) is 14.9. The van der Waals surface area contributed by atoms with Crippen molar-refractivity contribution in [2.75, 3.05) is 6.61 Å². The molecule has 3 rings (SSSR count). The van der Waals surface area contributed by atoms with E-state index in [4.69, 9.17) is 9.47 Å². The molecular formula is C28H38O4. The van der Waals surface area contributed by atoms with E-state index in [1.54, 1.807) is 6.92 Å². The Balaban J connectivity index is 1.79. The largest absolute Gasteiger partial charge is 0.486 e. The van der Waals surface area contributed by atoms with E-state index in [2.05, 4.69) is 53.7 Å². The predicted octanol–water partition coefficient (Wildman–Crippen LogP) is 6.52. The van der Waals surface area contributed by atoms with Gasteiger partial charge in [-0.25, -0.2) is 4.79 Å². The minimum absolute atomic E-state index is 0.0813. The predicted molar refractivity (Wildman–Crippen MR) is 129 cm³/mol. The number of carboxylic acid groups (broad SMARTS) is 1. The van der Waals surface area contributed by atoms with Gasteiger partial charge in [-0.2, -0.15) is 0 Å². The lowest BCUT2D eigenvalue weighted by Gasteiger charge is -2.42. The second-order valence-corrected chi connectivity index (χ2v) is 10.4. The average molecular weight is 439 g/mol. The van der Waals surface area contributed by atoms with Crippen LogP contribution in [0.4, 0.5) is 0 Å². The topological polar surface area (TPSA) is 55.8 Å². The summed E-state index contributed by atoms with van der Waals surface area (Å²) in [7, 11) is 0. The van der Waals surface area contributed by atoms with E-state index < -0.39 is 12.1 Å². The van der Waals surface area contributed by atoms with Crippen LogP contribution in [0, 0.1) is 6.92 Å². The van der Waals surface area contributed by atoms with Crippen LogP contribution in [0.25, 0.3) is 0 Å². The molecule has 0 aromatic heterocycles. The monoisotopic (exact) mass is 438 g/mol. The highest BCUT2D eigenvalue weighted by Gasteiger charge is 2.37. The van der Waals surface area contributed by atoms with Crippen LogP contribution in [0.1, 0.15) is 88.3 Å². The number of aliphatic carboxylic acids is 1. The van der Waals surface area contributed by atoms with Gasteiger partial charge in [0, 0.05) is 13.0 Å². The molecule has 1 aliphatic rings. The highest BCUT2D eigenvalue weighted by Crippen LogP contribution is 2.47. The van der Waals surface area contributed by atoms with Crippen LogP contribution in [0.3, 0.4) is 0 Å². The van der Waals surface area contributed by atoms with Crippen molar-refractivity contribution in [3.05, 3.63) is 64.2 Å². The van der Waals surface area contributed by atoms with E-state index >= 15 is 0 Å². The third kappa shape index (κ3) is 5.17. The molecular weight excluding hydrogens is 400 g/mol. The van der Waals surface area contributed by atoms with Crippen LogP contribution in [0.5, 0.6) is 5.75 Å². The smallest absolute Gasteiger partial charge is 0.333 e. The summed E-state index contributed by atoms with van der Waals surface area (Å²) in [5.41, 5.74) is 6.67. The molecule has 32 heavy (non-hydrogen) atoms. The molecule has 2 unspecified atom stereocenters. The zero-order chi connectivity index (χ0) is 23.7. The van der Waals surface area contributed by atoms with Crippen LogP contribution in [0.2, 0.25) is 0 Å². The molecule has 1 aliphatic carbocycles. The first kappa shape index (κ1) is 24.3. The van der Waals surface area contributed by atoms with E-state index in [9.17, 15) is 9.90 Å². The number of carbonyl (C=O) groups is 1. The minimum atomic E-state index is -0.935. The number of ether oxygens (including phenoxy) is 2. The summed E-state index contributed by atoms with van der Waals surface area (Å²) < 4.78 is 11.6. The standard InChI is InChI=1S/C28H38O4/c1-8-31-25(26(29)30)16-20-9-11-21(12-10-20)32-19(3)22-17-24-23(15-18(22)2)27(4,5)13-14-28(24,6)7/h9-12,15,17,19,25H,8,13-14,16H2,1-7H3,(H,29,30). The SMILES string of the molecule is CCOC(Cc1ccc(OC(C)c2cc3c(cc2C)C(C)(C)CCC3(C)C)cc1)C(=O)O. The molecule has 4 heteroatoms. The summed E-state index contributed by atoms with van der Waals surface area (Å²) in [4.78, 5) is 11.3. The molecule has 4 nitrogen and oxygen atoms in total. The highest BCUT2D eigenvalue weighted by atomic mass is 16.5. The van der Waals surface area contributed by atoms with Gasteiger partial charge >= 0.3 is 5.97 Å². The number of aryl methyl sites for hydroxylation is 1. The lowest BCUT2D eigenvalue weighted by molar-refractivity contribution is -0.149. The third-order valence-corrected chi connectivity index (χ3v) is 6.98. The molecule has 2 atom stereocenters. The van der Waals surface area contributed by atoms with Crippen molar-refractivity contribution in [2.24, 2.45) is 0 Å². The number of benzene rings is 2. The van der Waals surface area contributed by atoms with Gasteiger partial charge in [0.1, 0.15) is 11.9 Å². The fraction of sp³-hybridized carbons (Fsp3) is 0.536. The molecule has 174 valence electrons. The molecule has 2 aromatic rings. The molecule has 2 aromatic carbocycles. The van der Waals surface area contributed by atoms with E-state index in [-0.39, 0.29) is 16.9 Å². The summed E-state index contributed by atoms with van der Waals surface area (Å²) in [6, 6.07) is 12.4. The van der Waals surface area contributed by atoms with E-state index in [1.807, 2.05) is 24.3 Å². The second kappa shape index (κ2) is 9.27. The van der Waals surface area contributed by atoms with Crippen molar-refractivity contribution >= 4 is 5.97 Å². The van der Waals surface area contributed by atoms with E-state index in [0.29, 0.717) is 13.0 Å². The Morgan fingerprint density at radius 2 is 1.59 bits per heavy atom. The van der Waals surface area contributed by atoms with Gasteiger partial charge in [0.25, 0.3) is 0 Å². The molecule has 0 spiro atoms. The number of hydrogen-bond donors (Lipinski definition) is 1. The van der Waals surface area contributed by atoms with Gasteiger partial charge in [0.05, 0.1) is 0 Å². The molecule has 0 saturated carbocycles. The Morgan fingerprint density at radius 1 is 1.03 bits per heavy atom. The number of rotatable bonds is 8. The molecule has 0 amide bonds. The minimum Gasteiger partial charge on any atom is -0.486 e. The number of carboxylic acids is 1. The van der Waals surface area contributed by atoms with Crippen molar-refractivity contribution in [2.45, 2.75) is 90.8 Å². The van der Waals surface area contributed by atoms with Gasteiger partial charge in [0.2, 0.25) is 0 Å². The molecule has 0 saturated heterocycles. The number of fused-ring (bicyclic) bond motifs is 1. The average Bonchev–Trinajstić information content (AvgIpc) is 2.72. The summed E-state index contributed by atoms with van der Waals surface area (Å²) >= 11 is 0. The third-order valence-electron chi connectivity index (χ3n) is 6.98. The molecule has 0 heterocycles. The van der Waals surface area contributed by atoms with Crippen LogP contribution >= 0.6 is 0 Å². The first-order valence-electron chi connectivity index (χ1n) is 11.7. The fourth-order valence-electron chi connectivity index (χ4n) is 4.78. The molecule has 1 N–H and O–H groups in total. The Kier molecular flexibility index (Phi) is 7.04. The van der Waals surface area contributed by atoms with Crippen molar-refractivity contribution in [1.29, 1.82) is 0 Å². The maximum absolute atomic E-state index is 11.3. The Morgan fingerprint density at radius 3 is 2.12 bits per heavy atom. The van der Waals surface area contributed by atoms with Gasteiger partial charge < -0.3 is 14.6 Å². The lowest BCUT2D eigenvalue weighted by atomic mass is 9.62. The first-order valence-corrected chi connectivity index (χ1v) is 11.7. The van der Waals surface area contributed by atoms with Crippen LogP contribution in [0.15, 0.2) is 36.4 Å². The molecule has 0 aliphatic heterocycles. The van der Waals surface area contributed by atoms with Gasteiger partial charge in [-0.1, -0.05) is 52.0 Å². The summed E-state index contributed by atoms with van der Waals surface area (Å²) in [6.45, 7) is 15.8.